The molecule has 1 unspecified atom stereocenters. The number of hydrogen-bond acceptors (Lipinski definition) is 5. The number of likely N-dealkylation sites (tertiary alicyclic amines) is 1. The maximum atomic E-state index is 13.7. The van der Waals surface area contributed by atoms with Crippen molar-refractivity contribution in [3.05, 3.63) is 12.4 Å². The van der Waals surface area contributed by atoms with E-state index in [1.807, 2.05) is 11.8 Å². The average Bonchev–Trinajstić information content (AvgIpc) is 2.98. The van der Waals surface area contributed by atoms with Crippen LogP contribution in [-0.4, -0.2) is 62.2 Å². The number of carbonyl (C=O) groups excluding carboxylic acids is 1. The minimum Gasteiger partial charge on any atom is -0.443 e. The first-order chi connectivity index (χ1) is 11.9. The van der Waals surface area contributed by atoms with Crippen molar-refractivity contribution in [1.29, 1.82) is 0 Å². The van der Waals surface area contributed by atoms with Crippen molar-refractivity contribution < 1.29 is 27.2 Å². The molecule has 1 aromatic heterocycles. The number of carbonyl (C=O) groups is 1. The van der Waals surface area contributed by atoms with Crippen LogP contribution in [0, 0.1) is 0 Å². The van der Waals surface area contributed by atoms with E-state index in [2.05, 4.69) is 5.10 Å². The Balaban J connectivity index is 2.23. The van der Waals surface area contributed by atoms with Gasteiger partial charge < -0.3 is 9.64 Å². The predicted octanol–water partition coefficient (Wildman–Crippen LogP) is -0.379. The fraction of sp³-hybridized carbons (Fsp3) is 0.733. The number of halogens is 1. The number of likely N-dealkylation sites (N-methyl/N-ethyl adjacent to an activating group) is 1. The molecular formula is C15H27FN5O4S+. The monoisotopic (exact) mass is 392 g/mol. The normalized spacial score (nSPS) is 23.7. The molecule has 1 fully saturated rings. The Bertz CT molecular complexity index is 745. The lowest BCUT2D eigenvalue weighted by molar-refractivity contribution is -0.891. The van der Waals surface area contributed by atoms with Crippen LogP contribution in [0.5, 0.6) is 0 Å². The third-order valence-corrected chi connectivity index (χ3v) is 5.41. The van der Waals surface area contributed by atoms with Crippen LogP contribution in [0.1, 0.15) is 27.2 Å². The summed E-state index contributed by atoms with van der Waals surface area (Å²) in [6, 6.07) is -0.236. The van der Waals surface area contributed by atoms with Crippen LogP contribution in [0.15, 0.2) is 12.4 Å². The zero-order chi connectivity index (χ0) is 19.7. The molecule has 2 N–H and O–H groups in total. The minimum absolute atomic E-state index is 0.0239. The molecule has 1 saturated heterocycles. The molecule has 0 aromatic carbocycles. The molecular weight excluding hydrogens is 365 g/mol. The van der Waals surface area contributed by atoms with Gasteiger partial charge in [-0.15, -0.1) is 0 Å². The molecule has 0 saturated carbocycles. The molecule has 2 heterocycles. The van der Waals surface area contributed by atoms with Gasteiger partial charge in [-0.3, -0.25) is 4.68 Å². The van der Waals surface area contributed by atoms with Crippen LogP contribution >= 0.6 is 0 Å². The van der Waals surface area contributed by atoms with Gasteiger partial charge in [0.05, 0.1) is 25.5 Å². The number of nitrogens with one attached hydrogen (secondary N) is 2. The van der Waals surface area contributed by atoms with Crippen LogP contribution in [0.4, 0.5) is 14.9 Å². The summed E-state index contributed by atoms with van der Waals surface area (Å²) in [6.07, 6.45) is 1.11. The number of hydrogen-bond donors (Lipinski definition) is 2. The molecule has 2 rings (SSSR count). The number of nitrogens with zero attached hydrogens (tertiary/aromatic N) is 3. The highest BCUT2D eigenvalue weighted by atomic mass is 32.2. The highest BCUT2D eigenvalue weighted by molar-refractivity contribution is 7.91. The van der Waals surface area contributed by atoms with Crippen LogP contribution in [0.25, 0.3) is 0 Å². The van der Waals surface area contributed by atoms with Gasteiger partial charge >= 0.3 is 16.3 Å². The average molecular weight is 392 g/mol. The van der Waals surface area contributed by atoms with Gasteiger partial charge in [-0.05, 0) is 20.8 Å². The molecule has 1 aliphatic rings. The van der Waals surface area contributed by atoms with E-state index in [1.54, 1.807) is 27.8 Å². The van der Waals surface area contributed by atoms with Crippen LogP contribution in [0.3, 0.4) is 0 Å². The van der Waals surface area contributed by atoms with E-state index in [0.717, 1.165) is 9.21 Å². The largest absolute Gasteiger partial charge is 0.443 e. The van der Waals surface area contributed by atoms with E-state index in [-0.39, 0.29) is 19.0 Å². The summed E-state index contributed by atoms with van der Waals surface area (Å²) in [5.41, 5.74) is -0.547. The molecule has 1 aromatic rings. The van der Waals surface area contributed by atoms with E-state index >= 15 is 0 Å². The summed E-state index contributed by atoms with van der Waals surface area (Å²) in [7, 11) is -0.770. The third-order valence-electron chi connectivity index (χ3n) is 4.05. The van der Waals surface area contributed by atoms with Gasteiger partial charge in [-0.25, -0.2) is 18.2 Å². The van der Waals surface area contributed by atoms with E-state index in [1.165, 1.54) is 17.1 Å². The second kappa shape index (κ2) is 7.39. The molecule has 0 spiro atoms. The van der Waals surface area contributed by atoms with E-state index in [0.29, 0.717) is 12.2 Å². The van der Waals surface area contributed by atoms with Crippen molar-refractivity contribution in [2.24, 2.45) is 7.05 Å². The summed E-state index contributed by atoms with van der Waals surface area (Å²) in [6.45, 7) is 5.25. The quantitative estimate of drug-likeness (QED) is 0.712. The molecule has 1 amide bonds. The number of ether oxygens (including phenoxy) is 1. The topological polar surface area (TPSA) is 98.0 Å². The van der Waals surface area contributed by atoms with Crippen molar-refractivity contribution in [3.8, 4) is 0 Å². The second-order valence-corrected chi connectivity index (χ2v) is 9.19. The highest BCUT2D eigenvalue weighted by Gasteiger charge is 2.38. The Morgan fingerprint density at radius 3 is 2.65 bits per heavy atom. The summed E-state index contributed by atoms with van der Waals surface area (Å²) in [5, 5.41) is 3.98. The highest BCUT2D eigenvalue weighted by Crippen LogP contribution is 2.19. The molecule has 148 valence electrons. The fourth-order valence-electron chi connectivity index (χ4n) is 2.88. The molecule has 1 aliphatic heterocycles. The van der Waals surface area contributed by atoms with Crippen molar-refractivity contribution in [3.63, 3.8) is 0 Å². The lowest BCUT2D eigenvalue weighted by atomic mass is 10.2. The van der Waals surface area contributed by atoms with Crippen LogP contribution < -0.4 is 13.9 Å². The van der Waals surface area contributed by atoms with E-state index in [9.17, 15) is 17.6 Å². The Kier molecular flexibility index (Phi) is 5.81. The number of rotatable bonds is 5. The summed E-state index contributed by atoms with van der Waals surface area (Å²) in [5.74, 6) is 0. The number of amides is 1. The third kappa shape index (κ3) is 5.31. The molecule has 3 atom stereocenters. The van der Waals surface area contributed by atoms with Gasteiger partial charge in [0.25, 0.3) is 0 Å². The van der Waals surface area contributed by atoms with Crippen molar-refractivity contribution in [2.75, 3.05) is 24.4 Å². The van der Waals surface area contributed by atoms with Crippen molar-refractivity contribution in [1.82, 2.24) is 14.5 Å². The van der Waals surface area contributed by atoms with Crippen molar-refractivity contribution in [2.45, 2.75) is 45.0 Å². The lowest BCUT2D eigenvalue weighted by Crippen LogP contribution is -3.11. The van der Waals surface area contributed by atoms with Crippen LogP contribution in [-0.2, 0) is 22.0 Å². The predicted molar refractivity (Wildman–Crippen MR) is 93.9 cm³/mol. The van der Waals surface area contributed by atoms with Gasteiger partial charge in [0.1, 0.15) is 18.2 Å². The maximum absolute atomic E-state index is 13.7. The first-order valence-electron chi connectivity index (χ1n) is 8.36. The number of aromatic nitrogens is 2. The zero-order valence-corrected chi connectivity index (χ0v) is 16.5. The first kappa shape index (κ1) is 20.4. The van der Waals surface area contributed by atoms with Gasteiger partial charge in [0.15, 0.2) is 6.17 Å². The maximum Gasteiger partial charge on any atom is 0.422 e. The molecule has 0 aliphatic carbocycles. The first-order valence-corrected chi connectivity index (χ1v) is 9.80. The Morgan fingerprint density at radius 2 is 2.19 bits per heavy atom. The van der Waals surface area contributed by atoms with Crippen LogP contribution in [0.2, 0.25) is 0 Å². The number of anilines is 1. The van der Waals surface area contributed by atoms with E-state index in [4.69, 9.17) is 4.74 Å². The van der Waals surface area contributed by atoms with Gasteiger partial charge in [-0.1, -0.05) is 0 Å². The number of aryl methyl sites for hydroxylation is 1. The smallest absolute Gasteiger partial charge is 0.422 e. The SMILES string of the molecule is Cn1cc(N(C[C@@H]2C[C@@H](F)C[NH+]2C)S(=O)(=O)NC(=O)OC(C)(C)C)cn1. The second-order valence-electron chi connectivity index (χ2n) is 7.59. The Morgan fingerprint density at radius 1 is 1.54 bits per heavy atom. The molecule has 26 heavy (non-hydrogen) atoms. The van der Waals surface area contributed by atoms with Gasteiger partial charge in [0, 0.05) is 19.7 Å². The Labute approximate surface area is 153 Å². The standard InChI is InChI=1S/C15H26FN5O4S/c1-15(2,3)25-14(22)18-26(23,24)21(13-7-17-20(5)9-13)10-12-6-11(16)8-19(12)4/h7,9,11-12H,6,8,10H2,1-5H3,(H,18,22)/p+1/t11-,12+/m1/s1. The summed E-state index contributed by atoms with van der Waals surface area (Å²) >= 11 is 0. The number of quaternary nitrogens is 1. The molecule has 0 radical (unpaired) electrons. The fourth-order valence-corrected chi connectivity index (χ4v) is 3.99. The summed E-state index contributed by atoms with van der Waals surface area (Å²) < 4.78 is 48.7. The summed E-state index contributed by atoms with van der Waals surface area (Å²) in [4.78, 5) is 12.8. The molecule has 0 bridgehead atoms. The lowest BCUT2D eigenvalue weighted by Gasteiger charge is -2.27. The number of alkyl halides is 1. The molecule has 11 heteroatoms. The van der Waals surface area contributed by atoms with Gasteiger partial charge in [0.2, 0.25) is 0 Å². The molecule has 9 nitrogen and oxygen atoms in total. The van der Waals surface area contributed by atoms with Gasteiger partial charge in [-0.2, -0.15) is 13.5 Å². The zero-order valence-electron chi connectivity index (χ0n) is 15.7. The Hall–Kier alpha value is -1.88. The van der Waals surface area contributed by atoms with E-state index < -0.39 is 28.1 Å². The van der Waals surface area contributed by atoms with Crippen molar-refractivity contribution >= 4 is 22.0 Å². The minimum atomic E-state index is -4.24.